The van der Waals surface area contributed by atoms with Crippen molar-refractivity contribution in [3.63, 3.8) is 0 Å². The molecule has 0 saturated heterocycles. The van der Waals surface area contributed by atoms with E-state index in [1.165, 1.54) is 12.1 Å². The molecule has 0 amide bonds. The van der Waals surface area contributed by atoms with Gasteiger partial charge >= 0.3 is 0 Å². The topological polar surface area (TPSA) is 105 Å². The van der Waals surface area contributed by atoms with Gasteiger partial charge in [-0.25, -0.2) is 4.99 Å². The number of nitrogens with one attached hydrogen (secondary N) is 1. The fraction of sp³-hybridized carbons (Fsp3) is 0. The summed E-state index contributed by atoms with van der Waals surface area (Å²) in [5.74, 6) is -0.665. The Hall–Kier alpha value is -4.26. The molecule has 0 spiro atoms. The Kier molecular flexibility index (Phi) is 4.62. The molecule has 7 heteroatoms. The number of aliphatic imine (C=N–C) groups is 1. The summed E-state index contributed by atoms with van der Waals surface area (Å²) in [4.78, 5) is 27.4. The molecule has 142 valence electrons. The highest BCUT2D eigenvalue weighted by molar-refractivity contribution is 6.53. The number of nitro groups is 1. The van der Waals surface area contributed by atoms with Gasteiger partial charge < -0.3 is 10.4 Å². The van der Waals surface area contributed by atoms with Gasteiger partial charge in [0.1, 0.15) is 17.1 Å². The van der Waals surface area contributed by atoms with Crippen LogP contribution >= 0.6 is 0 Å². The maximum atomic E-state index is 12.9. The molecule has 4 rings (SSSR count). The Balaban J connectivity index is 1.79. The number of Topliss-reactive ketones (excluding diaryl/α,β-unsaturated/α-hetero) is 1. The number of para-hydroxylation sites is 1. The first kappa shape index (κ1) is 18.1. The van der Waals surface area contributed by atoms with E-state index in [1.807, 2.05) is 42.5 Å². The molecular weight excluding hydrogens is 370 g/mol. The minimum atomic E-state index is -0.611. The van der Waals surface area contributed by atoms with Crippen molar-refractivity contribution in [3.8, 4) is 5.75 Å². The van der Waals surface area contributed by atoms with Gasteiger partial charge in [0.15, 0.2) is 0 Å². The molecule has 0 atom stereocenters. The zero-order valence-electron chi connectivity index (χ0n) is 15.1. The number of phenols is 1. The number of nitrogens with zero attached hydrogens (tertiary/aromatic N) is 2. The first-order valence-corrected chi connectivity index (χ1v) is 8.77. The number of benzene rings is 3. The van der Waals surface area contributed by atoms with Crippen LogP contribution in [0, 0.1) is 10.1 Å². The van der Waals surface area contributed by atoms with Gasteiger partial charge in [0.05, 0.1) is 11.0 Å². The third-order valence-corrected chi connectivity index (χ3v) is 4.44. The number of ketones is 1. The molecule has 1 aliphatic carbocycles. The minimum Gasteiger partial charge on any atom is -0.505 e. The molecule has 0 aliphatic heterocycles. The molecule has 29 heavy (non-hydrogen) atoms. The second-order valence-corrected chi connectivity index (χ2v) is 6.35. The SMILES string of the molecule is O=C1C(=Nc2ccc([N+](=O)[O-])cc2O)C=C(Nc2ccccc2)c2ccccc21. The molecule has 0 heterocycles. The number of carbonyl (C=O) groups excluding carboxylic acids is 1. The summed E-state index contributed by atoms with van der Waals surface area (Å²) in [6.45, 7) is 0. The van der Waals surface area contributed by atoms with Crippen molar-refractivity contribution in [3.05, 3.63) is 100 Å². The minimum absolute atomic E-state index is 0.0774. The summed E-state index contributed by atoms with van der Waals surface area (Å²) in [6, 6.07) is 20.2. The first-order chi connectivity index (χ1) is 14.0. The standard InChI is InChI=1S/C22H15N3O4/c26-21-12-15(25(28)29)10-11-18(21)24-20-13-19(23-14-6-2-1-3-7-14)16-8-4-5-9-17(16)22(20)27/h1-13,23,26H. The maximum absolute atomic E-state index is 12.9. The van der Waals surface area contributed by atoms with Crippen LogP contribution in [-0.4, -0.2) is 21.5 Å². The highest BCUT2D eigenvalue weighted by Crippen LogP contribution is 2.33. The highest BCUT2D eigenvalue weighted by atomic mass is 16.6. The molecule has 0 fully saturated rings. The van der Waals surface area contributed by atoms with E-state index >= 15 is 0 Å². The predicted octanol–water partition coefficient (Wildman–Crippen LogP) is 4.72. The number of hydrogen-bond acceptors (Lipinski definition) is 6. The molecule has 1 aliphatic rings. The van der Waals surface area contributed by atoms with Crippen molar-refractivity contribution in [1.29, 1.82) is 0 Å². The lowest BCUT2D eigenvalue weighted by molar-refractivity contribution is -0.384. The second kappa shape index (κ2) is 7.40. The van der Waals surface area contributed by atoms with Gasteiger partial charge in [-0.05, 0) is 24.3 Å². The van der Waals surface area contributed by atoms with E-state index in [0.29, 0.717) is 11.3 Å². The van der Waals surface area contributed by atoms with Crippen LogP contribution in [-0.2, 0) is 0 Å². The summed E-state index contributed by atoms with van der Waals surface area (Å²) < 4.78 is 0. The zero-order valence-corrected chi connectivity index (χ0v) is 15.1. The average molecular weight is 385 g/mol. The molecular formula is C22H15N3O4. The number of anilines is 1. The van der Waals surface area contributed by atoms with Gasteiger partial charge in [-0.3, -0.25) is 14.9 Å². The third kappa shape index (κ3) is 3.61. The molecule has 2 N–H and O–H groups in total. The number of non-ortho nitro benzene ring substituents is 1. The number of hydrogen-bond donors (Lipinski definition) is 2. The van der Waals surface area contributed by atoms with Crippen LogP contribution in [0.1, 0.15) is 15.9 Å². The van der Waals surface area contributed by atoms with Crippen molar-refractivity contribution in [2.24, 2.45) is 4.99 Å². The monoisotopic (exact) mass is 385 g/mol. The van der Waals surface area contributed by atoms with E-state index in [9.17, 15) is 20.0 Å². The lowest BCUT2D eigenvalue weighted by Gasteiger charge is -2.19. The quantitative estimate of drug-likeness (QED) is 0.499. The van der Waals surface area contributed by atoms with Crippen molar-refractivity contribution in [1.82, 2.24) is 0 Å². The van der Waals surface area contributed by atoms with Crippen LogP contribution in [0.3, 0.4) is 0 Å². The van der Waals surface area contributed by atoms with E-state index in [1.54, 1.807) is 18.2 Å². The highest BCUT2D eigenvalue weighted by Gasteiger charge is 2.24. The van der Waals surface area contributed by atoms with Gasteiger partial charge in [-0.15, -0.1) is 0 Å². The Morgan fingerprint density at radius 3 is 2.31 bits per heavy atom. The van der Waals surface area contributed by atoms with Crippen molar-refractivity contribution in [2.75, 3.05) is 5.32 Å². The van der Waals surface area contributed by atoms with Crippen LogP contribution in [0.25, 0.3) is 5.70 Å². The van der Waals surface area contributed by atoms with E-state index in [2.05, 4.69) is 10.3 Å². The lowest BCUT2D eigenvalue weighted by atomic mass is 9.92. The first-order valence-electron chi connectivity index (χ1n) is 8.77. The normalized spacial score (nSPS) is 14.3. The summed E-state index contributed by atoms with van der Waals surface area (Å²) >= 11 is 0. The van der Waals surface area contributed by atoms with Crippen LogP contribution in [0.15, 0.2) is 83.9 Å². The molecule has 0 bridgehead atoms. The lowest BCUT2D eigenvalue weighted by Crippen LogP contribution is -2.21. The summed E-state index contributed by atoms with van der Waals surface area (Å²) in [6.07, 6.45) is 1.61. The fourth-order valence-electron chi connectivity index (χ4n) is 3.05. The molecule has 0 radical (unpaired) electrons. The maximum Gasteiger partial charge on any atom is 0.273 e. The number of rotatable bonds is 4. The number of carbonyl (C=O) groups is 1. The Labute approximate surface area is 165 Å². The average Bonchev–Trinajstić information content (AvgIpc) is 2.73. The van der Waals surface area contributed by atoms with Gasteiger partial charge in [-0.1, -0.05) is 42.5 Å². The number of nitro benzene ring substituents is 1. The largest absolute Gasteiger partial charge is 0.505 e. The summed E-state index contributed by atoms with van der Waals surface area (Å²) in [7, 11) is 0. The van der Waals surface area contributed by atoms with Crippen molar-refractivity contribution < 1.29 is 14.8 Å². The van der Waals surface area contributed by atoms with Gasteiger partial charge in [0.2, 0.25) is 5.78 Å². The van der Waals surface area contributed by atoms with Gasteiger partial charge in [0, 0.05) is 28.6 Å². The second-order valence-electron chi connectivity index (χ2n) is 6.35. The molecule has 0 saturated carbocycles. The van der Waals surface area contributed by atoms with Crippen LogP contribution in [0.4, 0.5) is 17.1 Å². The van der Waals surface area contributed by atoms with Gasteiger partial charge in [0.25, 0.3) is 5.69 Å². The van der Waals surface area contributed by atoms with Gasteiger partial charge in [-0.2, -0.15) is 0 Å². The van der Waals surface area contributed by atoms with Crippen LogP contribution < -0.4 is 5.32 Å². The van der Waals surface area contributed by atoms with Crippen molar-refractivity contribution >= 4 is 34.3 Å². The third-order valence-electron chi connectivity index (χ3n) is 4.44. The van der Waals surface area contributed by atoms with E-state index in [4.69, 9.17) is 0 Å². The van der Waals surface area contributed by atoms with Crippen LogP contribution in [0.5, 0.6) is 5.75 Å². The Morgan fingerprint density at radius 1 is 0.931 bits per heavy atom. The van der Waals surface area contributed by atoms with Crippen molar-refractivity contribution in [2.45, 2.75) is 0 Å². The number of aromatic hydroxyl groups is 1. The summed E-state index contributed by atoms with van der Waals surface area (Å²) in [5, 5.41) is 24.2. The molecule has 7 nitrogen and oxygen atoms in total. The summed E-state index contributed by atoms with van der Waals surface area (Å²) in [5.41, 5.74) is 2.70. The Morgan fingerprint density at radius 2 is 1.62 bits per heavy atom. The number of allylic oxidation sites excluding steroid dienone is 1. The zero-order chi connectivity index (χ0) is 20.4. The fourth-order valence-corrected chi connectivity index (χ4v) is 3.05. The van der Waals surface area contributed by atoms with E-state index < -0.39 is 4.92 Å². The predicted molar refractivity (Wildman–Crippen MR) is 111 cm³/mol. The number of fused-ring (bicyclic) bond motifs is 1. The van der Waals surface area contributed by atoms with E-state index in [-0.39, 0.29) is 28.6 Å². The van der Waals surface area contributed by atoms with E-state index in [0.717, 1.165) is 17.3 Å². The van der Waals surface area contributed by atoms with Crippen LogP contribution in [0.2, 0.25) is 0 Å². The molecule has 3 aromatic carbocycles. The molecule has 3 aromatic rings. The smallest absolute Gasteiger partial charge is 0.273 e. The number of phenolic OH excluding ortho intramolecular Hbond substituents is 1. The Bertz CT molecular complexity index is 1180. The molecule has 0 aromatic heterocycles. The molecule has 0 unspecified atom stereocenters.